The van der Waals surface area contributed by atoms with Gasteiger partial charge in [-0.15, -0.1) is 0 Å². The number of carbonyl (C=O) groups excluding carboxylic acids is 2. The highest BCUT2D eigenvalue weighted by Gasteiger charge is 2.25. The Bertz CT molecular complexity index is 959. The van der Waals surface area contributed by atoms with Crippen LogP contribution in [0.2, 0.25) is 0 Å². The topological polar surface area (TPSA) is 102 Å². The van der Waals surface area contributed by atoms with Crippen LogP contribution < -0.4 is 14.8 Å². The van der Waals surface area contributed by atoms with Gasteiger partial charge >= 0.3 is 0 Å². The number of unbranched alkanes of at least 4 members (excludes halogenated alkanes) is 1. The van der Waals surface area contributed by atoms with Crippen LogP contribution in [-0.2, 0) is 19.6 Å². The van der Waals surface area contributed by atoms with Crippen molar-refractivity contribution in [3.63, 3.8) is 0 Å². The van der Waals surface area contributed by atoms with Crippen LogP contribution in [0, 0.1) is 17.7 Å². The number of sulfonamides is 1. The van der Waals surface area contributed by atoms with Crippen molar-refractivity contribution in [2.45, 2.75) is 57.9 Å². The zero-order valence-electron chi connectivity index (χ0n) is 18.3. The molecular formula is C23H31FN2O5S. The highest BCUT2D eigenvalue weighted by atomic mass is 32.2. The predicted octanol–water partition coefficient (Wildman–Crippen LogP) is 3.37. The molecule has 1 saturated carbocycles. The van der Waals surface area contributed by atoms with Crippen molar-refractivity contribution in [1.82, 2.24) is 10.0 Å². The van der Waals surface area contributed by atoms with Crippen LogP contribution in [0.25, 0.3) is 0 Å². The van der Waals surface area contributed by atoms with Crippen molar-refractivity contribution >= 4 is 21.8 Å². The zero-order valence-corrected chi connectivity index (χ0v) is 19.1. The van der Waals surface area contributed by atoms with Gasteiger partial charge in [0.15, 0.2) is 11.6 Å². The van der Waals surface area contributed by atoms with E-state index in [0.29, 0.717) is 50.2 Å². The molecule has 1 aliphatic carbocycles. The fraction of sp³-hybridized carbons (Fsp3) is 0.565. The summed E-state index contributed by atoms with van der Waals surface area (Å²) in [5.41, 5.74) is 0.643. The lowest BCUT2D eigenvalue weighted by atomic mass is 9.94. The molecule has 1 aromatic carbocycles. The van der Waals surface area contributed by atoms with Crippen LogP contribution in [0.1, 0.15) is 63.5 Å². The summed E-state index contributed by atoms with van der Waals surface area (Å²) >= 11 is 0. The van der Waals surface area contributed by atoms with Gasteiger partial charge in [0.1, 0.15) is 0 Å². The summed E-state index contributed by atoms with van der Waals surface area (Å²) in [6.07, 6.45) is 8.38. The maximum atomic E-state index is 14.0. The van der Waals surface area contributed by atoms with E-state index in [1.165, 1.54) is 6.07 Å². The molecule has 2 unspecified atom stereocenters. The van der Waals surface area contributed by atoms with Crippen LogP contribution in [0.4, 0.5) is 4.39 Å². The van der Waals surface area contributed by atoms with Gasteiger partial charge in [0.05, 0.1) is 12.4 Å². The first-order chi connectivity index (χ1) is 15.2. The lowest BCUT2D eigenvalue weighted by molar-refractivity contribution is -0.136. The first-order valence-corrected chi connectivity index (χ1v) is 12.8. The monoisotopic (exact) mass is 466 g/mol. The zero-order chi connectivity index (χ0) is 23.1. The van der Waals surface area contributed by atoms with Gasteiger partial charge in [-0.05, 0) is 69.1 Å². The van der Waals surface area contributed by atoms with E-state index in [-0.39, 0.29) is 29.2 Å². The van der Waals surface area contributed by atoms with Gasteiger partial charge in [0, 0.05) is 18.4 Å². The number of allylic oxidation sites excluding steroid dienone is 2. The SMILES string of the molecule is CC(NS(=O)(=O)CCC/C=C/CC1CCC(=O)NC1=O)c1ccc(F)c(OCC2CC2)c1. The Hall–Kier alpha value is -2.26. The van der Waals surface area contributed by atoms with E-state index in [1.807, 2.05) is 12.2 Å². The summed E-state index contributed by atoms with van der Waals surface area (Å²) in [4.78, 5) is 22.8. The van der Waals surface area contributed by atoms with Gasteiger partial charge in [-0.3, -0.25) is 14.9 Å². The first-order valence-electron chi connectivity index (χ1n) is 11.1. The number of nitrogens with one attached hydrogen (secondary N) is 2. The van der Waals surface area contributed by atoms with Crippen LogP contribution in [-0.4, -0.2) is 32.6 Å². The largest absolute Gasteiger partial charge is 0.490 e. The smallest absolute Gasteiger partial charge is 0.229 e. The van der Waals surface area contributed by atoms with E-state index in [2.05, 4.69) is 10.0 Å². The summed E-state index contributed by atoms with van der Waals surface area (Å²) in [5.74, 6) is -0.517. The molecule has 0 radical (unpaired) electrons. The van der Waals surface area contributed by atoms with Gasteiger partial charge in [0.2, 0.25) is 21.8 Å². The van der Waals surface area contributed by atoms with E-state index >= 15 is 0 Å². The maximum absolute atomic E-state index is 14.0. The molecule has 2 atom stereocenters. The fourth-order valence-corrected chi connectivity index (χ4v) is 4.86. The molecule has 2 fully saturated rings. The van der Waals surface area contributed by atoms with Crippen LogP contribution in [0.5, 0.6) is 5.75 Å². The van der Waals surface area contributed by atoms with E-state index in [1.54, 1.807) is 19.1 Å². The average Bonchev–Trinajstić information content (AvgIpc) is 3.55. The minimum absolute atomic E-state index is 0.0354. The Balaban J connectivity index is 1.41. The Morgan fingerprint density at radius 2 is 2.03 bits per heavy atom. The van der Waals surface area contributed by atoms with Gasteiger partial charge in [-0.25, -0.2) is 17.5 Å². The molecule has 1 saturated heterocycles. The highest BCUT2D eigenvalue weighted by molar-refractivity contribution is 7.89. The van der Waals surface area contributed by atoms with Crippen LogP contribution >= 0.6 is 0 Å². The number of benzene rings is 1. The molecule has 3 rings (SSSR count). The third kappa shape index (κ3) is 7.70. The number of halogens is 1. The van der Waals surface area contributed by atoms with E-state index in [0.717, 1.165) is 12.8 Å². The fourth-order valence-electron chi connectivity index (χ4n) is 3.52. The molecule has 0 aromatic heterocycles. The molecular weight excluding hydrogens is 435 g/mol. The van der Waals surface area contributed by atoms with Gasteiger partial charge in [-0.1, -0.05) is 18.2 Å². The standard InChI is InChI=1S/C23H31FN2O5S/c1-16(19-9-11-20(24)21(14-19)31-15-17-7-8-17)26-32(29,30)13-5-3-2-4-6-18-10-12-22(27)25-23(18)28/h2,4,9,11,14,16-18,26H,3,5-8,10,12-13,15H2,1H3,(H,25,27,28)/b4-2+. The summed E-state index contributed by atoms with van der Waals surface area (Å²) in [7, 11) is -3.51. The number of hydrogen-bond donors (Lipinski definition) is 2. The minimum atomic E-state index is -3.51. The minimum Gasteiger partial charge on any atom is -0.490 e. The average molecular weight is 467 g/mol. The number of amides is 2. The number of imide groups is 1. The molecule has 1 aliphatic heterocycles. The van der Waals surface area contributed by atoms with E-state index in [4.69, 9.17) is 4.74 Å². The molecule has 1 aromatic rings. The number of carbonyl (C=O) groups is 2. The number of ether oxygens (including phenoxy) is 1. The summed E-state index contributed by atoms with van der Waals surface area (Å²) in [6.45, 7) is 2.20. The van der Waals surface area contributed by atoms with Gasteiger partial charge < -0.3 is 4.74 Å². The summed E-state index contributed by atoms with van der Waals surface area (Å²) in [6, 6.07) is 3.91. The maximum Gasteiger partial charge on any atom is 0.229 e. The quantitative estimate of drug-likeness (QED) is 0.279. The Morgan fingerprint density at radius 3 is 2.75 bits per heavy atom. The Labute approximate surface area is 188 Å². The van der Waals surface area contributed by atoms with Crippen molar-refractivity contribution in [2.24, 2.45) is 11.8 Å². The molecule has 2 amide bonds. The molecule has 1 heterocycles. The van der Waals surface area contributed by atoms with Crippen LogP contribution in [0.15, 0.2) is 30.4 Å². The van der Waals surface area contributed by atoms with Gasteiger partial charge in [0.25, 0.3) is 0 Å². The second-order valence-corrected chi connectivity index (χ2v) is 10.5. The lowest BCUT2D eigenvalue weighted by Gasteiger charge is -2.19. The Kier molecular flexibility index (Phi) is 8.42. The molecule has 7 nitrogen and oxygen atoms in total. The van der Waals surface area contributed by atoms with Crippen molar-refractivity contribution < 1.29 is 27.1 Å². The number of rotatable bonds is 12. The molecule has 2 N–H and O–H groups in total. The normalized spacial score (nSPS) is 20.4. The van der Waals surface area contributed by atoms with E-state index in [9.17, 15) is 22.4 Å². The third-order valence-corrected chi connectivity index (χ3v) is 7.25. The number of piperidine rings is 1. The van der Waals surface area contributed by atoms with E-state index < -0.39 is 21.9 Å². The predicted molar refractivity (Wildman–Crippen MR) is 119 cm³/mol. The van der Waals surface area contributed by atoms with Crippen LogP contribution in [0.3, 0.4) is 0 Å². The molecule has 32 heavy (non-hydrogen) atoms. The second kappa shape index (κ2) is 11.0. The Morgan fingerprint density at radius 1 is 1.25 bits per heavy atom. The number of hydrogen-bond acceptors (Lipinski definition) is 5. The van der Waals surface area contributed by atoms with Crippen molar-refractivity contribution in [1.29, 1.82) is 0 Å². The molecule has 0 bridgehead atoms. The lowest BCUT2D eigenvalue weighted by Crippen LogP contribution is -2.40. The molecule has 176 valence electrons. The highest BCUT2D eigenvalue weighted by Crippen LogP contribution is 2.31. The summed E-state index contributed by atoms with van der Waals surface area (Å²) < 4.78 is 47.0. The molecule has 0 spiro atoms. The van der Waals surface area contributed by atoms with Gasteiger partial charge in [-0.2, -0.15) is 0 Å². The third-order valence-electron chi connectivity index (χ3n) is 5.71. The van der Waals surface area contributed by atoms with Crippen molar-refractivity contribution in [3.05, 3.63) is 41.7 Å². The molecule has 2 aliphatic rings. The second-order valence-electron chi connectivity index (χ2n) is 8.60. The summed E-state index contributed by atoms with van der Waals surface area (Å²) in [5, 5.41) is 2.33. The van der Waals surface area contributed by atoms with Crippen molar-refractivity contribution in [2.75, 3.05) is 12.4 Å². The van der Waals surface area contributed by atoms with Crippen molar-refractivity contribution in [3.8, 4) is 5.75 Å². The molecule has 9 heteroatoms. The first kappa shape index (κ1) is 24.4.